The first kappa shape index (κ1) is 23.0. The minimum atomic E-state index is -2.70. The van der Waals surface area contributed by atoms with Crippen LogP contribution in [0.1, 0.15) is 44.1 Å². The third-order valence-electron chi connectivity index (χ3n) is 7.33. The summed E-state index contributed by atoms with van der Waals surface area (Å²) in [6, 6.07) is 7.55. The average molecular weight is 451 g/mol. The molecule has 1 atom stereocenters. The van der Waals surface area contributed by atoms with Crippen LogP contribution in [-0.4, -0.2) is 67.4 Å². The first-order valence-electron chi connectivity index (χ1n) is 11.4. The molecule has 3 aliphatic rings. The number of hydrogen-bond donors (Lipinski definition) is 0. The zero-order valence-corrected chi connectivity index (χ0v) is 18.7. The molecule has 32 heavy (non-hydrogen) atoms. The van der Waals surface area contributed by atoms with Gasteiger partial charge < -0.3 is 19.3 Å². The summed E-state index contributed by atoms with van der Waals surface area (Å²) < 4.78 is 37.7. The van der Waals surface area contributed by atoms with Crippen molar-refractivity contribution in [1.29, 1.82) is 0 Å². The van der Waals surface area contributed by atoms with Crippen LogP contribution in [-0.2, 0) is 20.9 Å². The quantitative estimate of drug-likeness (QED) is 0.666. The van der Waals surface area contributed by atoms with Gasteiger partial charge in [-0.1, -0.05) is 12.1 Å². The van der Waals surface area contributed by atoms with Crippen molar-refractivity contribution >= 4 is 11.8 Å². The van der Waals surface area contributed by atoms with Crippen LogP contribution in [0.4, 0.5) is 8.78 Å². The van der Waals surface area contributed by atoms with Crippen molar-refractivity contribution in [2.45, 2.75) is 51.1 Å². The van der Waals surface area contributed by atoms with Gasteiger partial charge in [0, 0.05) is 44.9 Å². The van der Waals surface area contributed by atoms with Crippen LogP contribution in [0.15, 0.2) is 24.3 Å². The topological polar surface area (TPSA) is 59.1 Å². The number of rotatable bonds is 6. The molecule has 0 radical (unpaired) electrons. The second-order valence-electron chi connectivity index (χ2n) is 9.53. The fourth-order valence-electron chi connectivity index (χ4n) is 5.25. The zero-order valence-electron chi connectivity index (χ0n) is 18.7. The molecule has 8 heteroatoms. The molecule has 0 aromatic heterocycles. The highest BCUT2D eigenvalue weighted by Gasteiger charge is 2.46. The fraction of sp³-hybridized carbons (Fsp3) is 0.667. The van der Waals surface area contributed by atoms with E-state index in [9.17, 15) is 18.4 Å². The molecule has 1 aromatic carbocycles. The van der Waals surface area contributed by atoms with Gasteiger partial charge in [-0.2, -0.15) is 0 Å². The summed E-state index contributed by atoms with van der Waals surface area (Å²) in [7, 11) is 1.62. The van der Waals surface area contributed by atoms with E-state index in [1.54, 1.807) is 12.0 Å². The number of halogens is 2. The molecule has 1 aromatic rings. The molecular weight excluding hydrogens is 418 g/mol. The van der Waals surface area contributed by atoms with Gasteiger partial charge in [0.05, 0.1) is 13.7 Å². The molecule has 176 valence electrons. The molecule has 6 nitrogen and oxygen atoms in total. The number of benzene rings is 1. The van der Waals surface area contributed by atoms with Crippen LogP contribution in [0.25, 0.3) is 0 Å². The van der Waals surface area contributed by atoms with Crippen LogP contribution in [0.5, 0.6) is 5.75 Å². The van der Waals surface area contributed by atoms with E-state index in [-0.39, 0.29) is 43.1 Å². The molecule has 4 rings (SSSR count). The number of carbonyl (C=O) groups is 2. The fourth-order valence-corrected chi connectivity index (χ4v) is 5.25. The molecule has 0 bridgehead atoms. The number of alkyl halides is 2. The molecule has 1 saturated carbocycles. The highest BCUT2D eigenvalue weighted by molar-refractivity contribution is 5.79. The molecule has 1 unspecified atom stereocenters. The molecular formula is C24H32F2N2O4. The van der Waals surface area contributed by atoms with Crippen molar-refractivity contribution in [3.05, 3.63) is 29.8 Å². The average Bonchev–Trinajstić information content (AvgIpc) is 3.37. The highest BCUT2D eigenvalue weighted by atomic mass is 19.3. The smallest absolute Gasteiger partial charge is 0.248 e. The second-order valence-corrected chi connectivity index (χ2v) is 9.53. The summed E-state index contributed by atoms with van der Waals surface area (Å²) in [5.74, 6) is -2.58. The van der Waals surface area contributed by atoms with E-state index in [2.05, 4.69) is 0 Å². The monoisotopic (exact) mass is 450 g/mol. The van der Waals surface area contributed by atoms with Gasteiger partial charge in [0.25, 0.3) is 0 Å². The van der Waals surface area contributed by atoms with Gasteiger partial charge in [-0.15, -0.1) is 0 Å². The number of nitrogens with zero attached hydrogens (tertiary/aromatic N) is 2. The summed E-state index contributed by atoms with van der Waals surface area (Å²) in [6.07, 6.45) is 2.34. The Morgan fingerprint density at radius 1 is 1.03 bits per heavy atom. The standard InChI is InChI=1S/C24H32F2N2O4/c1-31-20-4-2-18(3-5-20)15-32-16-21(29)28-13-10-23(17-28)8-11-27(12-9-23)22(30)19-6-7-24(25,26)14-19/h2-5,19H,6-17H2,1H3. The third-order valence-corrected chi connectivity index (χ3v) is 7.33. The lowest BCUT2D eigenvalue weighted by Crippen LogP contribution is -2.46. The van der Waals surface area contributed by atoms with E-state index in [0.29, 0.717) is 32.8 Å². The SMILES string of the molecule is COc1ccc(COCC(=O)N2CCC3(CCN(C(=O)C4CCC(F)(F)C4)CC3)C2)cc1. The van der Waals surface area contributed by atoms with Gasteiger partial charge in [0.1, 0.15) is 12.4 Å². The Kier molecular flexibility index (Phi) is 6.70. The maximum atomic E-state index is 13.5. The lowest BCUT2D eigenvalue weighted by Gasteiger charge is -2.40. The number of hydrogen-bond acceptors (Lipinski definition) is 4. The lowest BCUT2D eigenvalue weighted by molar-refractivity contribution is -0.140. The Morgan fingerprint density at radius 2 is 1.69 bits per heavy atom. The Hall–Kier alpha value is -2.22. The van der Waals surface area contributed by atoms with Crippen molar-refractivity contribution in [2.24, 2.45) is 11.3 Å². The number of carbonyl (C=O) groups excluding carboxylic acids is 2. The number of ether oxygens (including phenoxy) is 2. The minimum Gasteiger partial charge on any atom is -0.497 e. The number of likely N-dealkylation sites (tertiary alicyclic amines) is 2. The van der Waals surface area contributed by atoms with Crippen molar-refractivity contribution < 1.29 is 27.8 Å². The number of amides is 2. The normalized spacial score (nSPS) is 24.2. The van der Waals surface area contributed by atoms with Crippen LogP contribution < -0.4 is 4.74 Å². The van der Waals surface area contributed by atoms with Crippen molar-refractivity contribution in [3.63, 3.8) is 0 Å². The van der Waals surface area contributed by atoms with Crippen molar-refractivity contribution in [2.75, 3.05) is 39.9 Å². The van der Waals surface area contributed by atoms with Crippen LogP contribution in [0.2, 0.25) is 0 Å². The van der Waals surface area contributed by atoms with Crippen molar-refractivity contribution in [3.8, 4) is 5.75 Å². The van der Waals surface area contributed by atoms with E-state index < -0.39 is 11.8 Å². The molecule has 3 fully saturated rings. The maximum absolute atomic E-state index is 13.5. The van der Waals surface area contributed by atoms with Gasteiger partial charge in [0.2, 0.25) is 17.7 Å². The Morgan fingerprint density at radius 3 is 2.28 bits per heavy atom. The molecule has 2 heterocycles. The molecule has 2 saturated heterocycles. The second kappa shape index (κ2) is 9.33. The first-order chi connectivity index (χ1) is 15.3. The number of piperidine rings is 1. The van der Waals surface area contributed by atoms with Crippen molar-refractivity contribution in [1.82, 2.24) is 9.80 Å². The molecule has 2 amide bonds. The lowest BCUT2D eigenvalue weighted by atomic mass is 9.77. The molecule has 0 N–H and O–H groups in total. The van der Waals surface area contributed by atoms with Crippen LogP contribution in [0.3, 0.4) is 0 Å². The van der Waals surface area contributed by atoms with Gasteiger partial charge >= 0.3 is 0 Å². The van der Waals surface area contributed by atoms with E-state index in [1.807, 2.05) is 29.2 Å². The minimum absolute atomic E-state index is 0.0120. The van der Waals surface area contributed by atoms with Gasteiger partial charge in [-0.3, -0.25) is 9.59 Å². The largest absolute Gasteiger partial charge is 0.497 e. The Labute approximate surface area is 187 Å². The van der Waals surface area contributed by atoms with E-state index >= 15 is 0 Å². The Bertz CT molecular complexity index is 822. The first-order valence-corrected chi connectivity index (χ1v) is 11.4. The summed E-state index contributed by atoms with van der Waals surface area (Å²) >= 11 is 0. The molecule has 1 spiro atoms. The van der Waals surface area contributed by atoms with Gasteiger partial charge in [0.15, 0.2) is 0 Å². The molecule has 1 aliphatic carbocycles. The van der Waals surface area contributed by atoms with Crippen LogP contribution >= 0.6 is 0 Å². The predicted octanol–water partition coefficient (Wildman–Crippen LogP) is 3.49. The summed E-state index contributed by atoms with van der Waals surface area (Å²) in [5, 5.41) is 0. The highest BCUT2D eigenvalue weighted by Crippen LogP contribution is 2.43. The van der Waals surface area contributed by atoms with E-state index in [4.69, 9.17) is 9.47 Å². The van der Waals surface area contributed by atoms with Gasteiger partial charge in [-0.05, 0) is 48.8 Å². The Balaban J connectivity index is 1.20. The summed E-state index contributed by atoms with van der Waals surface area (Å²) in [6.45, 7) is 2.98. The predicted molar refractivity (Wildman–Crippen MR) is 114 cm³/mol. The third kappa shape index (κ3) is 5.22. The number of methoxy groups -OCH3 is 1. The zero-order chi connectivity index (χ0) is 22.8. The summed E-state index contributed by atoms with van der Waals surface area (Å²) in [4.78, 5) is 28.9. The van der Waals surface area contributed by atoms with Gasteiger partial charge in [-0.25, -0.2) is 8.78 Å². The van der Waals surface area contributed by atoms with Crippen LogP contribution in [0, 0.1) is 11.3 Å². The van der Waals surface area contributed by atoms with E-state index in [0.717, 1.165) is 30.6 Å². The maximum Gasteiger partial charge on any atom is 0.248 e. The van der Waals surface area contributed by atoms with E-state index in [1.165, 1.54) is 0 Å². The summed E-state index contributed by atoms with van der Waals surface area (Å²) in [5.41, 5.74) is 1.01. The molecule has 2 aliphatic heterocycles.